The van der Waals surface area contributed by atoms with Crippen LogP contribution in [0.2, 0.25) is 0 Å². The van der Waals surface area contributed by atoms with Crippen molar-refractivity contribution in [2.75, 3.05) is 26.7 Å². The molecule has 5 aliphatic rings. The quantitative estimate of drug-likeness (QED) is 0.201. The molecule has 0 aromatic heterocycles. The number of aliphatic hydroxyl groups is 1. The Morgan fingerprint density at radius 3 is 2.48 bits per heavy atom. The van der Waals surface area contributed by atoms with Gasteiger partial charge in [-0.1, -0.05) is 74.9 Å². The molecule has 2 bridgehead atoms. The van der Waals surface area contributed by atoms with Crippen molar-refractivity contribution in [3.8, 4) is 11.5 Å². The van der Waals surface area contributed by atoms with Gasteiger partial charge in [0, 0.05) is 42.4 Å². The van der Waals surface area contributed by atoms with Crippen molar-refractivity contribution in [3.05, 3.63) is 59.2 Å². The van der Waals surface area contributed by atoms with Gasteiger partial charge in [0.1, 0.15) is 6.10 Å². The molecule has 2 aliphatic heterocycles. The second-order valence-electron chi connectivity index (χ2n) is 15.0. The van der Waals surface area contributed by atoms with E-state index in [9.17, 15) is 9.90 Å². The van der Waals surface area contributed by atoms with E-state index in [2.05, 4.69) is 59.2 Å². The van der Waals surface area contributed by atoms with Crippen molar-refractivity contribution in [1.82, 2.24) is 9.80 Å². The van der Waals surface area contributed by atoms with Gasteiger partial charge in [0.2, 0.25) is 5.91 Å². The molecule has 2 heterocycles. The van der Waals surface area contributed by atoms with Crippen LogP contribution in [0.3, 0.4) is 0 Å². The molecule has 2 unspecified atom stereocenters. The van der Waals surface area contributed by atoms with Gasteiger partial charge in [0.05, 0.1) is 19.3 Å². The number of likely N-dealkylation sites (tertiary alicyclic amines) is 1. The maximum Gasteiger partial charge on any atom is 0.222 e. The van der Waals surface area contributed by atoms with E-state index < -0.39 is 0 Å². The van der Waals surface area contributed by atoms with Crippen LogP contribution in [0, 0.1) is 11.8 Å². The Morgan fingerprint density at radius 2 is 1.76 bits per heavy atom. The number of rotatable bonds is 16. The summed E-state index contributed by atoms with van der Waals surface area (Å²) in [6.45, 7) is 4.95. The standard InChI is InChI=1S/C40H56N2O4/c1-3-42(36(44)18-14-9-7-5-4-6-8-11-15-28-16-12-10-13-17-28)32-21-20-31-33-25-29-19-22-35(45-2)38-37(29)40(31,39(32)46-38)23-24-41(33)27-30-26-34(30)43/h10,12-13,16-17,19,22,30-34,39,43H,3-9,11,14-15,18,20-21,23-27H2,1-2H3/t30?,31-,32+,33+,34?,39-,40-/m0/s1. The van der Waals surface area contributed by atoms with Gasteiger partial charge in [-0.25, -0.2) is 0 Å². The van der Waals surface area contributed by atoms with Crippen LogP contribution in [0.25, 0.3) is 0 Å². The highest BCUT2D eigenvalue weighted by atomic mass is 16.5. The third-order valence-electron chi connectivity index (χ3n) is 12.5. The van der Waals surface area contributed by atoms with Gasteiger partial charge in [-0.2, -0.15) is 0 Å². The monoisotopic (exact) mass is 628 g/mol. The van der Waals surface area contributed by atoms with Crippen molar-refractivity contribution in [2.45, 2.75) is 133 Å². The first-order valence-corrected chi connectivity index (χ1v) is 18.7. The zero-order chi connectivity index (χ0) is 31.7. The third kappa shape index (κ3) is 5.98. The lowest BCUT2D eigenvalue weighted by Gasteiger charge is -2.60. The zero-order valence-electron chi connectivity index (χ0n) is 28.3. The number of piperidine rings is 1. The Kier molecular flexibility index (Phi) is 9.66. The second-order valence-corrected chi connectivity index (χ2v) is 15.0. The smallest absolute Gasteiger partial charge is 0.222 e. The van der Waals surface area contributed by atoms with Crippen molar-refractivity contribution < 1.29 is 19.4 Å². The summed E-state index contributed by atoms with van der Waals surface area (Å²) in [4.78, 5) is 18.7. The summed E-state index contributed by atoms with van der Waals surface area (Å²) in [6, 6.07) is 15.8. The number of carbonyl (C=O) groups is 1. The molecule has 7 atom stereocenters. The summed E-state index contributed by atoms with van der Waals surface area (Å²) in [5.41, 5.74) is 4.20. The lowest BCUT2D eigenvalue weighted by Crippen LogP contribution is -2.69. The average Bonchev–Trinajstić information content (AvgIpc) is 3.66. The van der Waals surface area contributed by atoms with Gasteiger partial charge >= 0.3 is 0 Å². The molecule has 1 amide bonds. The van der Waals surface area contributed by atoms with Crippen LogP contribution in [0.15, 0.2) is 42.5 Å². The van der Waals surface area contributed by atoms with Gasteiger partial charge in [0.25, 0.3) is 0 Å². The minimum Gasteiger partial charge on any atom is -0.493 e. The molecule has 46 heavy (non-hydrogen) atoms. The largest absolute Gasteiger partial charge is 0.493 e. The summed E-state index contributed by atoms with van der Waals surface area (Å²) in [5.74, 6) is 3.06. The van der Waals surface area contributed by atoms with Gasteiger partial charge in [-0.15, -0.1) is 0 Å². The molecule has 6 heteroatoms. The fraction of sp³-hybridized carbons (Fsp3) is 0.675. The SMILES string of the molecule is CCN(C(=O)CCCCCCCCCCc1ccccc1)[C@@H]1CC[C@H]2[C@H]3Cc4ccc(OC)c5c4[C@@]2(CCN3CC2CC2O)[C@H]1O5. The highest BCUT2D eigenvalue weighted by Crippen LogP contribution is 2.64. The predicted molar refractivity (Wildman–Crippen MR) is 182 cm³/mol. The molecule has 2 aromatic carbocycles. The van der Waals surface area contributed by atoms with E-state index in [1.807, 2.05) is 0 Å². The van der Waals surface area contributed by atoms with Crippen LogP contribution < -0.4 is 9.47 Å². The molecule has 250 valence electrons. The van der Waals surface area contributed by atoms with Crippen molar-refractivity contribution in [3.63, 3.8) is 0 Å². The number of ether oxygens (including phenoxy) is 2. The van der Waals surface area contributed by atoms with Crippen molar-refractivity contribution >= 4 is 5.91 Å². The lowest BCUT2D eigenvalue weighted by atomic mass is 9.51. The van der Waals surface area contributed by atoms with Gasteiger partial charge in [-0.05, 0) is 87.9 Å². The molecular formula is C40H56N2O4. The average molecular weight is 629 g/mol. The molecule has 1 N–H and O–H groups in total. The van der Waals surface area contributed by atoms with Crippen LogP contribution in [-0.4, -0.2) is 71.8 Å². The first-order chi connectivity index (χ1) is 22.5. The summed E-state index contributed by atoms with van der Waals surface area (Å²) in [5, 5.41) is 10.1. The summed E-state index contributed by atoms with van der Waals surface area (Å²) >= 11 is 0. The topological polar surface area (TPSA) is 62.2 Å². The Labute approximate surface area is 276 Å². The predicted octanol–water partition coefficient (Wildman–Crippen LogP) is 7.09. The Balaban J connectivity index is 0.946. The minimum absolute atomic E-state index is 0.0152. The molecule has 1 saturated heterocycles. The van der Waals surface area contributed by atoms with Crippen LogP contribution >= 0.6 is 0 Å². The number of hydrogen-bond donors (Lipinski definition) is 1. The number of unbranched alkanes of at least 4 members (excludes halogenated alkanes) is 7. The highest BCUT2D eigenvalue weighted by Gasteiger charge is 2.66. The molecule has 0 radical (unpaired) electrons. The Bertz CT molecular complexity index is 1350. The first kappa shape index (κ1) is 32.0. The number of aryl methyl sites for hydroxylation is 1. The maximum atomic E-state index is 13.8. The number of amides is 1. The molecule has 1 spiro atoms. The van der Waals surface area contributed by atoms with Crippen LogP contribution in [0.5, 0.6) is 11.5 Å². The number of methoxy groups -OCH3 is 1. The molecule has 7 rings (SSSR count). The second kappa shape index (κ2) is 13.9. The van der Waals surface area contributed by atoms with E-state index in [4.69, 9.17) is 9.47 Å². The van der Waals surface area contributed by atoms with Gasteiger partial charge in [-0.3, -0.25) is 9.69 Å². The van der Waals surface area contributed by atoms with E-state index in [0.29, 0.717) is 30.2 Å². The summed E-state index contributed by atoms with van der Waals surface area (Å²) in [7, 11) is 1.75. The number of aliphatic hydroxyl groups excluding tert-OH is 1. The third-order valence-corrected chi connectivity index (χ3v) is 12.5. The fourth-order valence-electron chi connectivity index (χ4n) is 10.1. The lowest BCUT2D eigenvalue weighted by molar-refractivity contribution is -0.142. The molecule has 6 nitrogen and oxygen atoms in total. The molecule has 3 fully saturated rings. The van der Waals surface area contributed by atoms with E-state index >= 15 is 0 Å². The van der Waals surface area contributed by atoms with Gasteiger partial charge < -0.3 is 19.5 Å². The van der Waals surface area contributed by atoms with Crippen molar-refractivity contribution in [1.29, 1.82) is 0 Å². The minimum atomic E-state index is -0.111. The van der Waals surface area contributed by atoms with Crippen LogP contribution in [-0.2, 0) is 23.1 Å². The summed E-state index contributed by atoms with van der Waals surface area (Å²) in [6.07, 6.45) is 16.7. The summed E-state index contributed by atoms with van der Waals surface area (Å²) < 4.78 is 12.9. The van der Waals surface area contributed by atoms with Gasteiger partial charge in [0.15, 0.2) is 11.5 Å². The van der Waals surface area contributed by atoms with Crippen molar-refractivity contribution in [2.24, 2.45) is 11.8 Å². The zero-order valence-corrected chi connectivity index (χ0v) is 28.3. The maximum absolute atomic E-state index is 13.8. The highest BCUT2D eigenvalue weighted by molar-refractivity contribution is 5.77. The molecular weight excluding hydrogens is 572 g/mol. The first-order valence-electron chi connectivity index (χ1n) is 18.7. The Morgan fingerprint density at radius 1 is 1.02 bits per heavy atom. The molecule has 2 aromatic rings. The Hall–Kier alpha value is -2.57. The van der Waals surface area contributed by atoms with Crippen LogP contribution in [0.4, 0.5) is 0 Å². The van der Waals surface area contributed by atoms with E-state index in [1.54, 1.807) is 7.11 Å². The molecule has 2 saturated carbocycles. The number of benzene rings is 2. The number of nitrogens with zero attached hydrogens (tertiary/aromatic N) is 2. The number of carbonyl (C=O) groups excluding carboxylic acids is 1. The number of likely N-dealkylation sites (N-methyl/N-ethyl adjacent to an activating group) is 1. The normalized spacial score (nSPS) is 30.4. The molecule has 3 aliphatic carbocycles. The fourth-order valence-corrected chi connectivity index (χ4v) is 10.1. The van der Waals surface area contributed by atoms with Crippen LogP contribution in [0.1, 0.15) is 107 Å². The van der Waals surface area contributed by atoms with E-state index in [1.165, 1.54) is 61.6 Å². The van der Waals surface area contributed by atoms with E-state index in [-0.39, 0.29) is 23.7 Å². The van der Waals surface area contributed by atoms with E-state index in [0.717, 1.165) is 76.1 Å². The number of hydrogen-bond acceptors (Lipinski definition) is 5.